The molecule has 2 aliphatic rings. The van der Waals surface area contributed by atoms with Crippen molar-refractivity contribution >= 4 is 0 Å². The highest BCUT2D eigenvalue weighted by atomic mass is 16.7. The largest absolute Gasteiger partial charge is 0.394 e. The molecule has 0 unspecified atom stereocenters. The lowest BCUT2D eigenvalue weighted by Crippen LogP contribution is -2.61. The van der Waals surface area contributed by atoms with Crippen LogP contribution in [0.2, 0.25) is 0 Å². The topological polar surface area (TPSA) is 320 Å². The SMILES string of the molecule is CC[C@@H](O)[C@@H](O[C@@H]1O[C@H](CO)[C@H](O)[C@H](O)[C@H]1O)[C@H](O)[C@@H](O)C(C)C.CC[C@@H](O)[C@@H](O[C@@H]1O[C@H](CO)[C@H](O)[C@H](O)[C@H]1O)[C@H](O)[C@@H](O)C(C)C. The van der Waals surface area contributed by atoms with Crippen LogP contribution in [0.1, 0.15) is 54.4 Å². The lowest BCUT2D eigenvalue weighted by molar-refractivity contribution is -0.326. The van der Waals surface area contributed by atoms with Gasteiger partial charge in [0.25, 0.3) is 0 Å². The van der Waals surface area contributed by atoms with Gasteiger partial charge >= 0.3 is 0 Å². The molecule has 0 bridgehead atoms. The number of rotatable bonds is 16. The third-order valence-electron chi connectivity index (χ3n) is 8.61. The Bertz CT molecular complexity index is 798. The Labute approximate surface area is 280 Å². The molecule has 18 atom stereocenters. The molecule has 18 heteroatoms. The van der Waals surface area contributed by atoms with Gasteiger partial charge < -0.3 is 90.4 Å². The van der Waals surface area contributed by atoms with Crippen molar-refractivity contribution in [2.24, 2.45) is 11.8 Å². The first-order valence-electron chi connectivity index (χ1n) is 16.3. The van der Waals surface area contributed by atoms with Crippen molar-refractivity contribution in [2.75, 3.05) is 13.2 Å². The minimum absolute atomic E-state index is 0.198. The van der Waals surface area contributed by atoms with Gasteiger partial charge in [-0.1, -0.05) is 41.5 Å². The minimum Gasteiger partial charge on any atom is -0.394 e. The Morgan fingerprint density at radius 3 is 1.00 bits per heavy atom. The maximum atomic E-state index is 10.3. The summed E-state index contributed by atoms with van der Waals surface area (Å²) in [5, 5.41) is 138. The Hall–Kier alpha value is -0.720. The van der Waals surface area contributed by atoms with E-state index in [0.29, 0.717) is 0 Å². The molecule has 2 rings (SSSR count). The van der Waals surface area contributed by atoms with Crippen LogP contribution in [0.3, 0.4) is 0 Å². The maximum Gasteiger partial charge on any atom is 0.187 e. The Kier molecular flexibility index (Phi) is 19.8. The first-order valence-corrected chi connectivity index (χ1v) is 16.3. The summed E-state index contributed by atoms with van der Waals surface area (Å²) >= 11 is 0. The fourth-order valence-electron chi connectivity index (χ4n) is 5.11. The highest BCUT2D eigenvalue weighted by molar-refractivity contribution is 4.93. The van der Waals surface area contributed by atoms with Crippen LogP contribution in [0.15, 0.2) is 0 Å². The second kappa shape index (κ2) is 21.0. The average Bonchev–Trinajstić information content (AvgIpc) is 3.07. The summed E-state index contributed by atoms with van der Waals surface area (Å²) in [6, 6.07) is 0. The molecule has 2 saturated heterocycles. The van der Waals surface area contributed by atoms with Crippen LogP contribution < -0.4 is 0 Å². The van der Waals surface area contributed by atoms with Crippen LogP contribution in [0.5, 0.6) is 0 Å². The van der Waals surface area contributed by atoms with Crippen LogP contribution in [0.25, 0.3) is 0 Å². The van der Waals surface area contributed by atoms with Crippen molar-refractivity contribution in [1.82, 2.24) is 0 Å². The molecule has 2 aliphatic heterocycles. The molecule has 2 fully saturated rings. The Balaban J connectivity index is 0.000000480. The van der Waals surface area contributed by atoms with Crippen LogP contribution in [0.4, 0.5) is 0 Å². The van der Waals surface area contributed by atoms with E-state index in [-0.39, 0.29) is 24.7 Å². The molecule has 0 spiro atoms. The molecule has 18 nitrogen and oxygen atoms in total. The van der Waals surface area contributed by atoms with Crippen molar-refractivity contribution in [3.05, 3.63) is 0 Å². The van der Waals surface area contributed by atoms with Gasteiger partial charge in [0, 0.05) is 0 Å². The monoisotopic (exact) mass is 708 g/mol. The van der Waals surface area contributed by atoms with Crippen LogP contribution in [0, 0.1) is 11.8 Å². The second-order valence-electron chi connectivity index (χ2n) is 13.0. The van der Waals surface area contributed by atoms with E-state index in [9.17, 15) is 71.5 Å². The summed E-state index contributed by atoms with van der Waals surface area (Å²) < 4.78 is 21.3. The summed E-state index contributed by atoms with van der Waals surface area (Å²) in [7, 11) is 0. The molecule has 14 N–H and O–H groups in total. The number of ether oxygens (including phenoxy) is 4. The fraction of sp³-hybridized carbons (Fsp3) is 1.00. The van der Waals surface area contributed by atoms with Gasteiger partial charge in [0.2, 0.25) is 0 Å². The molecule has 48 heavy (non-hydrogen) atoms. The molecule has 0 radical (unpaired) electrons. The lowest BCUT2D eigenvalue weighted by atomic mass is 9.94. The molecular formula is C30H60O18. The van der Waals surface area contributed by atoms with E-state index < -0.39 is 123 Å². The van der Waals surface area contributed by atoms with Gasteiger partial charge in [-0.3, -0.25) is 0 Å². The molecule has 0 aromatic heterocycles. The molecule has 0 aromatic carbocycles. The van der Waals surface area contributed by atoms with Gasteiger partial charge in [0.15, 0.2) is 12.6 Å². The minimum atomic E-state index is -1.65. The summed E-state index contributed by atoms with van der Waals surface area (Å²) in [6.07, 6.45) is -24.8. The van der Waals surface area contributed by atoms with Crippen molar-refractivity contribution in [3.8, 4) is 0 Å². The standard InChI is InChI=1S/2C15H30O9/c2*1-4-7(17)14(12(21)9(18)6(2)3)24-15-13(22)11(20)10(19)8(5-16)23-15/h2*6-22H,4-5H2,1-3H3/t2*7-,8-,9+,10+,11+,12-,13-,14-,15+/m11/s1. The quantitative estimate of drug-likeness (QED) is 0.0711. The molecule has 0 aliphatic carbocycles. The molecule has 288 valence electrons. The summed E-state index contributed by atoms with van der Waals surface area (Å²) in [6.45, 7) is 8.75. The average molecular weight is 709 g/mol. The Morgan fingerprint density at radius 2 is 0.771 bits per heavy atom. The second-order valence-corrected chi connectivity index (χ2v) is 13.0. The van der Waals surface area contributed by atoms with Crippen molar-refractivity contribution in [3.63, 3.8) is 0 Å². The summed E-state index contributed by atoms with van der Waals surface area (Å²) in [4.78, 5) is 0. The van der Waals surface area contributed by atoms with E-state index in [1.807, 2.05) is 0 Å². The number of aliphatic hydroxyl groups excluding tert-OH is 14. The number of hydrogen-bond donors (Lipinski definition) is 14. The normalized spacial score (nSPS) is 36.4. The predicted molar refractivity (Wildman–Crippen MR) is 164 cm³/mol. The van der Waals surface area contributed by atoms with Gasteiger partial charge in [-0.15, -0.1) is 0 Å². The number of hydrogen-bond acceptors (Lipinski definition) is 18. The first-order chi connectivity index (χ1) is 22.3. The smallest absolute Gasteiger partial charge is 0.187 e. The van der Waals surface area contributed by atoms with Crippen molar-refractivity contribution in [2.45, 2.75) is 165 Å². The molecular weight excluding hydrogens is 648 g/mol. The zero-order valence-electron chi connectivity index (χ0n) is 28.3. The van der Waals surface area contributed by atoms with Gasteiger partial charge in [-0.2, -0.15) is 0 Å². The van der Waals surface area contributed by atoms with Gasteiger partial charge in [0.1, 0.15) is 73.2 Å². The maximum absolute atomic E-state index is 10.3. The highest BCUT2D eigenvalue weighted by Gasteiger charge is 2.48. The predicted octanol–water partition coefficient (Wildman–Crippen LogP) is -5.36. The third kappa shape index (κ3) is 11.7. The van der Waals surface area contributed by atoms with E-state index in [1.54, 1.807) is 41.5 Å². The van der Waals surface area contributed by atoms with Gasteiger partial charge in [-0.05, 0) is 24.7 Å². The van der Waals surface area contributed by atoms with Crippen LogP contribution >= 0.6 is 0 Å². The van der Waals surface area contributed by atoms with E-state index in [4.69, 9.17) is 18.9 Å². The highest BCUT2D eigenvalue weighted by Crippen LogP contribution is 2.28. The first kappa shape index (κ1) is 45.3. The third-order valence-corrected chi connectivity index (χ3v) is 8.61. The summed E-state index contributed by atoms with van der Waals surface area (Å²) in [5.74, 6) is -0.630. The van der Waals surface area contributed by atoms with Crippen LogP contribution in [-0.2, 0) is 18.9 Å². The number of aliphatic hydroxyl groups is 14. The summed E-state index contributed by atoms with van der Waals surface area (Å²) in [5.41, 5.74) is 0. The molecule has 0 amide bonds. The van der Waals surface area contributed by atoms with E-state index in [0.717, 1.165) is 0 Å². The zero-order valence-corrected chi connectivity index (χ0v) is 28.3. The molecule has 0 saturated carbocycles. The fourth-order valence-corrected chi connectivity index (χ4v) is 5.11. The molecule has 0 aromatic rings. The van der Waals surface area contributed by atoms with Crippen molar-refractivity contribution < 1.29 is 90.4 Å². The van der Waals surface area contributed by atoms with E-state index >= 15 is 0 Å². The lowest BCUT2D eigenvalue weighted by Gasteiger charge is -2.42. The Morgan fingerprint density at radius 1 is 0.479 bits per heavy atom. The van der Waals surface area contributed by atoms with Crippen molar-refractivity contribution in [1.29, 1.82) is 0 Å². The van der Waals surface area contributed by atoms with E-state index in [2.05, 4.69) is 0 Å². The van der Waals surface area contributed by atoms with Crippen LogP contribution in [-0.4, -0.2) is 195 Å². The van der Waals surface area contributed by atoms with E-state index in [1.165, 1.54) is 0 Å². The van der Waals surface area contributed by atoms with Gasteiger partial charge in [0.05, 0.1) is 37.6 Å². The zero-order chi connectivity index (χ0) is 37.2. The molecule has 2 heterocycles. The van der Waals surface area contributed by atoms with Gasteiger partial charge in [-0.25, -0.2) is 0 Å².